The lowest BCUT2D eigenvalue weighted by Crippen LogP contribution is -2.36. The van der Waals surface area contributed by atoms with Crippen LogP contribution < -0.4 is 11.1 Å². The van der Waals surface area contributed by atoms with Gasteiger partial charge < -0.3 is 30.1 Å². The van der Waals surface area contributed by atoms with Crippen LogP contribution in [0.25, 0.3) is 0 Å². The molecule has 0 fully saturated rings. The molecule has 1 amide bonds. The van der Waals surface area contributed by atoms with Crippen LogP contribution in [-0.4, -0.2) is 50.8 Å². The van der Waals surface area contributed by atoms with E-state index in [1.54, 1.807) is 19.5 Å². The van der Waals surface area contributed by atoms with E-state index in [9.17, 15) is 4.79 Å². The van der Waals surface area contributed by atoms with Crippen LogP contribution in [0.4, 0.5) is 5.69 Å². The summed E-state index contributed by atoms with van der Waals surface area (Å²) >= 11 is 0. The molecule has 0 saturated carbocycles. The number of H-pyrrole nitrogens is 1. The van der Waals surface area contributed by atoms with Crippen LogP contribution in [0.15, 0.2) is 73.3 Å². The summed E-state index contributed by atoms with van der Waals surface area (Å²) in [5.41, 5.74) is 9.95. The molecule has 43 heavy (non-hydrogen) atoms. The van der Waals surface area contributed by atoms with Gasteiger partial charge in [-0.3, -0.25) is 9.69 Å². The van der Waals surface area contributed by atoms with Gasteiger partial charge >= 0.3 is 0 Å². The fourth-order valence-corrected chi connectivity index (χ4v) is 5.38. The first-order valence-electron chi connectivity index (χ1n) is 15.0. The van der Waals surface area contributed by atoms with E-state index in [0.717, 1.165) is 54.1 Å². The third kappa shape index (κ3) is 9.33. The first-order chi connectivity index (χ1) is 20.9. The molecular formula is C33H45N7O3. The van der Waals surface area contributed by atoms with E-state index < -0.39 is 0 Å². The summed E-state index contributed by atoms with van der Waals surface area (Å²) in [6.07, 6.45) is 11.3. The second-order valence-corrected chi connectivity index (χ2v) is 10.9. The molecule has 10 heteroatoms. The molecule has 2 aromatic carbocycles. The summed E-state index contributed by atoms with van der Waals surface area (Å²) in [5.74, 6) is 1.66. The van der Waals surface area contributed by atoms with Gasteiger partial charge in [0.05, 0.1) is 19.7 Å². The normalized spacial score (nSPS) is 11.7. The fourth-order valence-electron chi connectivity index (χ4n) is 5.38. The number of aromatic amines is 1. The van der Waals surface area contributed by atoms with E-state index in [1.165, 1.54) is 0 Å². The largest absolute Gasteiger partial charge is 0.359 e. The van der Waals surface area contributed by atoms with Crippen LogP contribution in [0.3, 0.4) is 0 Å². The number of carbonyl (C=O) groups is 1. The van der Waals surface area contributed by atoms with Crippen LogP contribution in [-0.2, 0) is 41.2 Å². The predicted molar refractivity (Wildman–Crippen MR) is 168 cm³/mol. The number of ether oxygens (including phenoxy) is 2. The highest BCUT2D eigenvalue weighted by molar-refractivity contribution is 6.04. The molecule has 0 bridgehead atoms. The van der Waals surface area contributed by atoms with E-state index in [0.29, 0.717) is 38.3 Å². The number of amides is 1. The van der Waals surface area contributed by atoms with E-state index in [4.69, 9.17) is 15.2 Å². The van der Waals surface area contributed by atoms with Gasteiger partial charge in [-0.2, -0.15) is 0 Å². The van der Waals surface area contributed by atoms with Gasteiger partial charge in [-0.05, 0) is 48.2 Å². The van der Waals surface area contributed by atoms with Crippen molar-refractivity contribution < 1.29 is 14.3 Å². The van der Waals surface area contributed by atoms with Crippen LogP contribution in [0, 0.1) is 0 Å². The zero-order valence-electron chi connectivity index (χ0n) is 25.6. The second-order valence-electron chi connectivity index (χ2n) is 10.9. The number of hydrogen-bond acceptors (Lipinski definition) is 7. The van der Waals surface area contributed by atoms with Crippen LogP contribution in [0.5, 0.6) is 0 Å². The highest BCUT2D eigenvalue weighted by Crippen LogP contribution is 2.30. The molecule has 4 aromatic rings. The molecule has 2 heterocycles. The Labute approximate surface area is 254 Å². The molecule has 0 radical (unpaired) electrons. The number of carbonyl (C=O) groups excluding carboxylic acids is 1. The number of nitrogens with zero attached hydrogens (tertiary/aromatic N) is 4. The molecule has 2 aromatic heterocycles. The van der Waals surface area contributed by atoms with Crippen molar-refractivity contribution in [2.45, 2.75) is 71.2 Å². The monoisotopic (exact) mass is 587 g/mol. The first-order valence-corrected chi connectivity index (χ1v) is 15.0. The zero-order valence-corrected chi connectivity index (χ0v) is 25.6. The number of nitrogens with one attached hydrogen (secondary N) is 2. The maximum atomic E-state index is 13.0. The number of imidazole rings is 2. The van der Waals surface area contributed by atoms with Crippen molar-refractivity contribution >= 4 is 11.6 Å². The lowest BCUT2D eigenvalue weighted by Gasteiger charge is -2.29. The van der Waals surface area contributed by atoms with Crippen molar-refractivity contribution in [3.05, 3.63) is 102 Å². The minimum Gasteiger partial charge on any atom is -0.359 e. The molecule has 0 aliphatic carbocycles. The topological polar surface area (TPSA) is 123 Å². The summed E-state index contributed by atoms with van der Waals surface area (Å²) in [7, 11) is 1.61. The molecule has 0 atom stereocenters. The Morgan fingerprint density at radius 3 is 2.40 bits per heavy atom. The third-order valence-electron chi connectivity index (χ3n) is 7.50. The number of benzene rings is 2. The lowest BCUT2D eigenvalue weighted by atomic mass is 9.83. The molecule has 4 rings (SSSR count). The van der Waals surface area contributed by atoms with Crippen LogP contribution in [0.2, 0.25) is 0 Å². The average Bonchev–Trinajstić information content (AvgIpc) is 3.68. The molecule has 0 saturated heterocycles. The Kier molecular flexibility index (Phi) is 12.0. The second kappa shape index (κ2) is 16.1. The average molecular weight is 588 g/mol. The molecule has 0 aliphatic rings. The SMILES string of the molecule is CCCC(N)(CCC)c1ccc(NC(=O)c2ccc(CN(Cc3ncc[nH]3)Cc3nccn3CCOCOC)cc2)cc1. The summed E-state index contributed by atoms with van der Waals surface area (Å²) in [6.45, 7) is 7.71. The Bertz CT molecular complexity index is 1360. The number of aromatic nitrogens is 4. The van der Waals surface area contributed by atoms with Crippen LogP contribution in [0.1, 0.15) is 72.7 Å². The third-order valence-corrected chi connectivity index (χ3v) is 7.50. The van der Waals surface area contributed by atoms with Crippen molar-refractivity contribution in [1.82, 2.24) is 24.4 Å². The van der Waals surface area contributed by atoms with Gasteiger partial charge in [0, 0.05) is 61.8 Å². The summed E-state index contributed by atoms with van der Waals surface area (Å²) in [5, 5.41) is 3.02. The number of methoxy groups -OCH3 is 1. The minimum absolute atomic E-state index is 0.148. The standard InChI is InChI=1S/C33H45N7O3/c1-4-14-33(34,15-5-2)28-10-12-29(13-11-28)38-32(41)27-8-6-26(7-9-27)22-39(23-30-35-16-17-36-30)24-31-37-18-19-40(31)20-21-43-25-42-3/h6-13,16-19H,4-5,14-15,20-25,34H2,1-3H3,(H,35,36)(H,38,41). The number of anilines is 1. The molecular weight excluding hydrogens is 542 g/mol. The summed E-state index contributed by atoms with van der Waals surface area (Å²) in [6, 6.07) is 15.7. The zero-order chi connectivity index (χ0) is 30.5. The predicted octanol–water partition coefficient (Wildman–Crippen LogP) is 5.44. The van der Waals surface area contributed by atoms with E-state index in [2.05, 4.69) is 43.6 Å². The van der Waals surface area contributed by atoms with Crippen molar-refractivity contribution in [3.63, 3.8) is 0 Å². The maximum Gasteiger partial charge on any atom is 0.255 e. The summed E-state index contributed by atoms with van der Waals surface area (Å²) < 4.78 is 12.5. The molecule has 0 spiro atoms. The first kappa shape index (κ1) is 32.1. The highest BCUT2D eigenvalue weighted by Gasteiger charge is 2.25. The van der Waals surface area contributed by atoms with Gasteiger partial charge in [0.15, 0.2) is 0 Å². The molecule has 4 N–H and O–H groups in total. The number of hydrogen-bond donors (Lipinski definition) is 3. The fraction of sp³-hybridized carbons (Fsp3) is 0.424. The maximum absolute atomic E-state index is 13.0. The quantitative estimate of drug-likeness (QED) is 0.105. The van der Waals surface area contributed by atoms with Gasteiger partial charge in [0.1, 0.15) is 18.4 Å². The van der Waals surface area contributed by atoms with Gasteiger partial charge in [0.2, 0.25) is 0 Å². The number of rotatable bonds is 18. The number of nitrogens with two attached hydrogens (primary N) is 1. The molecule has 10 nitrogen and oxygen atoms in total. The lowest BCUT2D eigenvalue weighted by molar-refractivity contribution is -0.0332. The Morgan fingerprint density at radius 2 is 1.74 bits per heavy atom. The van der Waals surface area contributed by atoms with Gasteiger partial charge in [0.25, 0.3) is 5.91 Å². The smallest absolute Gasteiger partial charge is 0.255 e. The van der Waals surface area contributed by atoms with Crippen molar-refractivity contribution in [1.29, 1.82) is 0 Å². The van der Waals surface area contributed by atoms with Crippen molar-refractivity contribution in [3.8, 4) is 0 Å². The van der Waals surface area contributed by atoms with Crippen LogP contribution >= 0.6 is 0 Å². The molecule has 0 aliphatic heterocycles. The van der Waals surface area contributed by atoms with Crippen molar-refractivity contribution in [2.75, 3.05) is 25.8 Å². The Balaban J connectivity index is 1.39. The Hall–Kier alpha value is -3.83. The van der Waals surface area contributed by atoms with Crippen molar-refractivity contribution in [2.24, 2.45) is 5.73 Å². The Morgan fingerprint density at radius 1 is 1.00 bits per heavy atom. The van der Waals surface area contributed by atoms with Gasteiger partial charge in [-0.25, -0.2) is 9.97 Å². The van der Waals surface area contributed by atoms with E-state index >= 15 is 0 Å². The highest BCUT2D eigenvalue weighted by atomic mass is 16.7. The minimum atomic E-state index is -0.329. The van der Waals surface area contributed by atoms with E-state index in [-0.39, 0.29) is 18.2 Å². The van der Waals surface area contributed by atoms with Gasteiger partial charge in [-0.15, -0.1) is 0 Å². The summed E-state index contributed by atoms with van der Waals surface area (Å²) in [4.78, 5) is 27.5. The van der Waals surface area contributed by atoms with E-state index in [1.807, 2.05) is 60.9 Å². The molecule has 0 unspecified atom stereocenters. The van der Waals surface area contributed by atoms with Gasteiger partial charge in [-0.1, -0.05) is 51.0 Å². The molecule has 230 valence electrons.